The smallest absolute Gasteiger partial charge is 0.100 e. The molecule has 2 saturated heterocycles. The average Bonchev–Trinajstić information content (AvgIpc) is 3.22. The van der Waals surface area contributed by atoms with Crippen LogP contribution < -0.4 is 0 Å². The Balaban J connectivity index is 1.42. The molecule has 4 nitrogen and oxygen atoms in total. The summed E-state index contributed by atoms with van der Waals surface area (Å²) in [5, 5.41) is 0. The molecule has 3 heterocycles. The number of aromatic nitrogens is 1. The van der Waals surface area contributed by atoms with Crippen molar-refractivity contribution in [1.29, 1.82) is 0 Å². The van der Waals surface area contributed by atoms with Crippen molar-refractivity contribution in [2.24, 2.45) is 0 Å². The minimum Gasteiger partial charge on any atom is -0.374 e. The van der Waals surface area contributed by atoms with Crippen LogP contribution in [-0.2, 0) is 16.1 Å². The molecule has 2 aliphatic heterocycles. The molecule has 1 saturated carbocycles. The summed E-state index contributed by atoms with van der Waals surface area (Å²) >= 11 is 0. The van der Waals surface area contributed by atoms with Gasteiger partial charge in [-0.15, -0.1) is 0 Å². The van der Waals surface area contributed by atoms with Crippen LogP contribution >= 0.6 is 0 Å². The predicted molar refractivity (Wildman–Crippen MR) is 84.5 cm³/mol. The van der Waals surface area contributed by atoms with Gasteiger partial charge in [-0.1, -0.05) is 12.8 Å². The van der Waals surface area contributed by atoms with E-state index < -0.39 is 0 Å². The van der Waals surface area contributed by atoms with Crippen molar-refractivity contribution in [2.45, 2.75) is 69.4 Å². The Morgan fingerprint density at radius 1 is 1.14 bits per heavy atom. The zero-order chi connectivity index (χ0) is 14.8. The highest BCUT2D eigenvalue weighted by Gasteiger charge is 2.47. The van der Waals surface area contributed by atoms with Crippen LogP contribution in [-0.4, -0.2) is 47.3 Å². The minimum atomic E-state index is 0.221. The molecular formula is C18H26N2O2. The molecule has 3 atom stereocenters. The zero-order valence-electron chi connectivity index (χ0n) is 13.2. The second-order valence-electron chi connectivity index (χ2n) is 6.88. The fraction of sp³-hybridized carbons (Fsp3) is 0.722. The number of ether oxygens (including phenoxy) is 2. The van der Waals surface area contributed by atoms with Crippen LogP contribution in [0, 0.1) is 0 Å². The number of nitrogens with zero attached hydrogens (tertiary/aromatic N) is 2. The summed E-state index contributed by atoms with van der Waals surface area (Å²) in [6.07, 6.45) is 12.1. The quantitative estimate of drug-likeness (QED) is 0.856. The third kappa shape index (κ3) is 2.92. The Morgan fingerprint density at radius 3 is 2.77 bits per heavy atom. The van der Waals surface area contributed by atoms with Crippen molar-refractivity contribution in [1.82, 2.24) is 9.88 Å². The van der Waals surface area contributed by atoms with E-state index in [1.54, 1.807) is 0 Å². The third-order valence-corrected chi connectivity index (χ3v) is 5.52. The van der Waals surface area contributed by atoms with Crippen molar-refractivity contribution in [3.05, 3.63) is 30.1 Å². The average molecular weight is 302 g/mol. The van der Waals surface area contributed by atoms with Crippen LogP contribution in [0.2, 0.25) is 0 Å². The molecule has 3 fully saturated rings. The van der Waals surface area contributed by atoms with Gasteiger partial charge in [0, 0.05) is 37.6 Å². The Kier molecular flexibility index (Phi) is 4.42. The van der Waals surface area contributed by atoms with Crippen LogP contribution in [0.5, 0.6) is 0 Å². The van der Waals surface area contributed by atoms with Crippen LogP contribution in [0.1, 0.15) is 44.1 Å². The normalized spacial score (nSPS) is 33.2. The van der Waals surface area contributed by atoms with E-state index in [4.69, 9.17) is 9.47 Å². The summed E-state index contributed by atoms with van der Waals surface area (Å²) in [7, 11) is 0. The standard InChI is InChI=1S/C18H26N2O2/c1-2-5-15(4-1)20-12-17(18-16(20)6-3-11-21-18)22-13-14-7-9-19-10-8-14/h7-10,15-18H,1-6,11-13H2/t16-,17-,18+/m1/s1. The maximum absolute atomic E-state index is 6.25. The molecule has 22 heavy (non-hydrogen) atoms. The molecule has 1 aromatic heterocycles. The van der Waals surface area contributed by atoms with Gasteiger partial charge in [-0.25, -0.2) is 0 Å². The van der Waals surface area contributed by atoms with Gasteiger partial charge in [0.15, 0.2) is 0 Å². The Labute approximate surface area is 132 Å². The van der Waals surface area contributed by atoms with Crippen LogP contribution in [0.25, 0.3) is 0 Å². The summed E-state index contributed by atoms with van der Waals surface area (Å²) < 4.78 is 12.4. The molecule has 4 heteroatoms. The minimum absolute atomic E-state index is 0.221. The third-order valence-electron chi connectivity index (χ3n) is 5.52. The Bertz CT molecular complexity index is 475. The molecular weight excluding hydrogens is 276 g/mol. The number of hydrogen-bond acceptors (Lipinski definition) is 4. The van der Waals surface area contributed by atoms with E-state index in [0.717, 1.165) is 19.2 Å². The first-order chi connectivity index (χ1) is 10.9. The summed E-state index contributed by atoms with van der Waals surface area (Å²) in [6.45, 7) is 2.61. The maximum Gasteiger partial charge on any atom is 0.100 e. The lowest BCUT2D eigenvalue weighted by Crippen LogP contribution is -2.44. The molecule has 120 valence electrons. The number of pyridine rings is 1. The van der Waals surface area contributed by atoms with Gasteiger partial charge >= 0.3 is 0 Å². The van der Waals surface area contributed by atoms with Crippen molar-refractivity contribution in [2.75, 3.05) is 13.2 Å². The second kappa shape index (κ2) is 6.65. The van der Waals surface area contributed by atoms with Gasteiger partial charge in [0.2, 0.25) is 0 Å². The summed E-state index contributed by atoms with van der Waals surface area (Å²) in [4.78, 5) is 6.78. The number of hydrogen-bond donors (Lipinski definition) is 0. The molecule has 3 aliphatic rings. The van der Waals surface area contributed by atoms with Crippen LogP contribution in [0.4, 0.5) is 0 Å². The van der Waals surface area contributed by atoms with Crippen LogP contribution in [0.3, 0.4) is 0 Å². The molecule has 0 spiro atoms. The molecule has 0 bridgehead atoms. The Hall–Kier alpha value is -0.970. The molecule has 4 rings (SSSR count). The number of rotatable bonds is 4. The maximum atomic E-state index is 6.25. The molecule has 0 aromatic carbocycles. The van der Waals surface area contributed by atoms with Crippen molar-refractivity contribution >= 4 is 0 Å². The lowest BCUT2D eigenvalue weighted by Gasteiger charge is -2.35. The topological polar surface area (TPSA) is 34.6 Å². The van der Waals surface area contributed by atoms with E-state index in [2.05, 4.69) is 9.88 Å². The molecule has 1 aromatic rings. The summed E-state index contributed by atoms with van der Waals surface area (Å²) in [6, 6.07) is 5.41. The highest BCUT2D eigenvalue weighted by atomic mass is 16.5. The highest BCUT2D eigenvalue weighted by molar-refractivity contribution is 5.08. The second-order valence-corrected chi connectivity index (χ2v) is 6.88. The SMILES string of the molecule is c1cc(CO[C@@H]2CN(C3CCCC3)[C@@H]3CCCO[C@@H]32)ccn1. The molecule has 0 radical (unpaired) electrons. The van der Waals surface area contributed by atoms with E-state index in [1.807, 2.05) is 24.5 Å². The molecule has 1 aliphatic carbocycles. The Morgan fingerprint density at radius 2 is 1.95 bits per heavy atom. The fourth-order valence-electron chi connectivity index (χ4n) is 4.43. The van der Waals surface area contributed by atoms with Crippen molar-refractivity contribution in [3.8, 4) is 0 Å². The number of likely N-dealkylation sites (tertiary alicyclic amines) is 1. The van der Waals surface area contributed by atoms with Crippen LogP contribution in [0.15, 0.2) is 24.5 Å². The van der Waals surface area contributed by atoms with Gasteiger partial charge in [-0.2, -0.15) is 0 Å². The van der Waals surface area contributed by atoms with Gasteiger partial charge in [0.25, 0.3) is 0 Å². The van der Waals surface area contributed by atoms with E-state index in [1.165, 1.54) is 44.1 Å². The predicted octanol–water partition coefficient (Wildman–Crippen LogP) is 2.77. The molecule has 0 amide bonds. The van der Waals surface area contributed by atoms with E-state index >= 15 is 0 Å². The first-order valence-corrected chi connectivity index (χ1v) is 8.80. The van der Waals surface area contributed by atoms with Gasteiger partial charge in [-0.3, -0.25) is 9.88 Å². The van der Waals surface area contributed by atoms with Gasteiger partial charge in [0.05, 0.1) is 12.7 Å². The fourth-order valence-corrected chi connectivity index (χ4v) is 4.43. The lowest BCUT2D eigenvalue weighted by molar-refractivity contribution is -0.0826. The van der Waals surface area contributed by atoms with Crippen molar-refractivity contribution < 1.29 is 9.47 Å². The monoisotopic (exact) mass is 302 g/mol. The highest BCUT2D eigenvalue weighted by Crippen LogP contribution is 2.36. The van der Waals surface area contributed by atoms with Gasteiger partial charge in [-0.05, 0) is 43.4 Å². The first-order valence-electron chi connectivity index (χ1n) is 8.80. The van der Waals surface area contributed by atoms with E-state index in [9.17, 15) is 0 Å². The lowest BCUT2D eigenvalue weighted by atomic mass is 10.0. The molecule has 0 unspecified atom stereocenters. The zero-order valence-corrected chi connectivity index (χ0v) is 13.2. The first kappa shape index (κ1) is 14.6. The van der Waals surface area contributed by atoms with E-state index in [-0.39, 0.29) is 12.2 Å². The van der Waals surface area contributed by atoms with E-state index in [0.29, 0.717) is 12.6 Å². The van der Waals surface area contributed by atoms with Crippen molar-refractivity contribution in [3.63, 3.8) is 0 Å². The summed E-state index contributed by atoms with van der Waals surface area (Å²) in [5.41, 5.74) is 1.20. The number of fused-ring (bicyclic) bond motifs is 1. The van der Waals surface area contributed by atoms with Gasteiger partial charge in [0.1, 0.15) is 6.10 Å². The molecule has 0 N–H and O–H groups in total. The summed E-state index contributed by atoms with van der Waals surface area (Å²) in [5.74, 6) is 0. The van der Waals surface area contributed by atoms with Gasteiger partial charge < -0.3 is 9.47 Å². The largest absolute Gasteiger partial charge is 0.374 e.